The highest BCUT2D eigenvalue weighted by molar-refractivity contribution is 5.97. The second kappa shape index (κ2) is 5.35. The highest BCUT2D eigenvalue weighted by Crippen LogP contribution is 2.36. The molecule has 0 unspecified atom stereocenters. The number of rotatable bonds is 1. The number of carbonyl (C=O) groups is 1. The standard InChI is InChI=1S/C16H17F3N2O3/c1-20-12-5-21(10-7-23-8-10)6-14(12)24-13-3-2-9(16(17,18)19)4-11(13)15(20)22/h2-4,10,12,14H,5-8H2,1H3/t12-,14+/m1/s1. The molecule has 130 valence electrons. The molecule has 0 radical (unpaired) electrons. The zero-order valence-electron chi connectivity index (χ0n) is 13.0. The fraction of sp³-hybridized carbons (Fsp3) is 0.562. The lowest BCUT2D eigenvalue weighted by Crippen LogP contribution is -2.49. The zero-order valence-corrected chi connectivity index (χ0v) is 13.0. The molecular weight excluding hydrogens is 325 g/mol. The molecule has 3 heterocycles. The number of likely N-dealkylation sites (N-methyl/N-ethyl adjacent to an activating group) is 1. The van der Waals surface area contributed by atoms with Gasteiger partial charge in [0.1, 0.15) is 11.9 Å². The first-order chi connectivity index (χ1) is 11.3. The molecule has 1 amide bonds. The minimum Gasteiger partial charge on any atom is -0.486 e. The Morgan fingerprint density at radius 2 is 1.96 bits per heavy atom. The topological polar surface area (TPSA) is 42.0 Å². The lowest BCUT2D eigenvalue weighted by molar-refractivity contribution is -0.137. The molecule has 8 heteroatoms. The van der Waals surface area contributed by atoms with Crippen LogP contribution in [0.25, 0.3) is 0 Å². The first-order valence-electron chi connectivity index (χ1n) is 7.81. The summed E-state index contributed by atoms with van der Waals surface area (Å²) in [6.07, 6.45) is -4.74. The molecule has 0 aromatic heterocycles. The molecule has 1 aromatic rings. The molecule has 2 atom stereocenters. The van der Waals surface area contributed by atoms with Gasteiger partial charge in [0.05, 0.1) is 36.4 Å². The van der Waals surface area contributed by atoms with Crippen LogP contribution in [-0.4, -0.2) is 67.2 Å². The summed E-state index contributed by atoms with van der Waals surface area (Å²) in [5.41, 5.74) is -0.868. The Bertz CT molecular complexity index is 675. The number of fused-ring (bicyclic) bond motifs is 2. The van der Waals surface area contributed by atoms with Crippen LogP contribution in [0, 0.1) is 0 Å². The maximum atomic E-state index is 12.9. The van der Waals surface area contributed by atoms with Crippen LogP contribution in [-0.2, 0) is 10.9 Å². The largest absolute Gasteiger partial charge is 0.486 e. The molecule has 3 aliphatic heterocycles. The lowest BCUT2D eigenvalue weighted by Gasteiger charge is -2.34. The monoisotopic (exact) mass is 342 g/mol. The van der Waals surface area contributed by atoms with E-state index >= 15 is 0 Å². The van der Waals surface area contributed by atoms with Crippen molar-refractivity contribution in [2.45, 2.75) is 24.4 Å². The highest BCUT2D eigenvalue weighted by atomic mass is 19.4. The lowest BCUT2D eigenvalue weighted by atomic mass is 10.1. The number of alkyl halides is 3. The molecule has 3 aliphatic rings. The third-order valence-corrected chi connectivity index (χ3v) is 5.04. The molecule has 5 nitrogen and oxygen atoms in total. The second-order valence-electron chi connectivity index (χ2n) is 6.49. The molecule has 0 aliphatic carbocycles. The van der Waals surface area contributed by atoms with E-state index in [0.717, 1.165) is 12.1 Å². The first-order valence-corrected chi connectivity index (χ1v) is 7.81. The first kappa shape index (κ1) is 15.7. The van der Waals surface area contributed by atoms with E-state index in [9.17, 15) is 18.0 Å². The van der Waals surface area contributed by atoms with Crippen molar-refractivity contribution in [2.24, 2.45) is 0 Å². The summed E-state index contributed by atoms with van der Waals surface area (Å²) in [4.78, 5) is 16.4. The van der Waals surface area contributed by atoms with Crippen LogP contribution >= 0.6 is 0 Å². The van der Waals surface area contributed by atoms with Gasteiger partial charge in [-0.2, -0.15) is 13.2 Å². The van der Waals surface area contributed by atoms with Crippen molar-refractivity contribution in [2.75, 3.05) is 33.4 Å². The molecule has 24 heavy (non-hydrogen) atoms. The van der Waals surface area contributed by atoms with Crippen molar-refractivity contribution in [1.82, 2.24) is 9.80 Å². The van der Waals surface area contributed by atoms with E-state index in [-0.39, 0.29) is 23.5 Å². The third-order valence-electron chi connectivity index (χ3n) is 5.04. The Morgan fingerprint density at radius 3 is 2.58 bits per heavy atom. The van der Waals surface area contributed by atoms with E-state index < -0.39 is 17.6 Å². The SMILES string of the molecule is CN1C(=O)c2cc(C(F)(F)F)ccc2O[C@H]2CN(C3COC3)C[C@H]21. The summed E-state index contributed by atoms with van der Waals surface area (Å²) in [5.74, 6) is -0.214. The number of hydrogen-bond donors (Lipinski definition) is 0. The predicted octanol–water partition coefficient (Wildman–Crippen LogP) is 1.62. The van der Waals surface area contributed by atoms with Gasteiger partial charge in [-0.25, -0.2) is 0 Å². The third kappa shape index (κ3) is 2.44. The Kier molecular flexibility index (Phi) is 3.50. The van der Waals surface area contributed by atoms with Crippen LogP contribution in [0.2, 0.25) is 0 Å². The minimum atomic E-state index is -4.49. The van der Waals surface area contributed by atoms with Gasteiger partial charge in [-0.3, -0.25) is 9.69 Å². The van der Waals surface area contributed by atoms with Crippen LogP contribution in [0.15, 0.2) is 18.2 Å². The van der Waals surface area contributed by atoms with E-state index in [2.05, 4.69) is 4.90 Å². The van der Waals surface area contributed by atoms with Gasteiger partial charge in [0.2, 0.25) is 0 Å². The fourth-order valence-corrected chi connectivity index (χ4v) is 3.48. The molecular formula is C16H17F3N2O3. The number of likely N-dealkylation sites (tertiary alicyclic amines) is 1. The summed E-state index contributed by atoms with van der Waals surface area (Å²) < 4.78 is 49.9. The second-order valence-corrected chi connectivity index (χ2v) is 6.49. The Balaban J connectivity index is 1.65. The average molecular weight is 342 g/mol. The number of benzene rings is 1. The van der Waals surface area contributed by atoms with E-state index in [0.29, 0.717) is 32.3 Å². The summed E-state index contributed by atoms with van der Waals surface area (Å²) >= 11 is 0. The summed E-state index contributed by atoms with van der Waals surface area (Å²) in [6, 6.07) is 3.24. The number of carbonyl (C=O) groups excluding carboxylic acids is 1. The van der Waals surface area contributed by atoms with E-state index in [1.54, 1.807) is 7.05 Å². The number of nitrogens with zero attached hydrogens (tertiary/aromatic N) is 2. The van der Waals surface area contributed by atoms with Crippen LogP contribution in [0.4, 0.5) is 13.2 Å². The Morgan fingerprint density at radius 1 is 1.21 bits per heavy atom. The highest BCUT2D eigenvalue weighted by Gasteiger charge is 2.45. The van der Waals surface area contributed by atoms with E-state index in [1.165, 1.54) is 11.0 Å². The number of halogens is 3. The van der Waals surface area contributed by atoms with Crippen LogP contribution < -0.4 is 4.74 Å². The van der Waals surface area contributed by atoms with E-state index in [4.69, 9.17) is 9.47 Å². The molecule has 2 saturated heterocycles. The number of ether oxygens (including phenoxy) is 2. The maximum Gasteiger partial charge on any atom is 0.416 e. The van der Waals surface area contributed by atoms with Gasteiger partial charge in [-0.05, 0) is 18.2 Å². The smallest absolute Gasteiger partial charge is 0.416 e. The zero-order chi connectivity index (χ0) is 17.1. The van der Waals surface area contributed by atoms with Gasteiger partial charge < -0.3 is 14.4 Å². The molecule has 0 spiro atoms. The maximum absolute atomic E-state index is 12.9. The molecule has 0 bridgehead atoms. The van der Waals surface area contributed by atoms with E-state index in [1.807, 2.05) is 0 Å². The molecule has 2 fully saturated rings. The number of amides is 1. The van der Waals surface area contributed by atoms with Gasteiger partial charge in [0, 0.05) is 20.1 Å². The summed E-state index contributed by atoms with van der Waals surface area (Å²) in [7, 11) is 1.62. The molecule has 0 saturated carbocycles. The van der Waals surface area contributed by atoms with Crippen LogP contribution in [0.1, 0.15) is 15.9 Å². The quantitative estimate of drug-likeness (QED) is 0.778. The van der Waals surface area contributed by atoms with Crippen LogP contribution in [0.5, 0.6) is 5.75 Å². The van der Waals surface area contributed by atoms with Crippen molar-refractivity contribution < 1.29 is 27.4 Å². The average Bonchev–Trinajstić information content (AvgIpc) is 2.82. The van der Waals surface area contributed by atoms with Gasteiger partial charge >= 0.3 is 6.18 Å². The Labute approximate surface area is 136 Å². The van der Waals surface area contributed by atoms with Crippen molar-refractivity contribution in [3.63, 3.8) is 0 Å². The summed E-state index contributed by atoms with van der Waals surface area (Å²) in [6.45, 7) is 2.61. The fourth-order valence-electron chi connectivity index (χ4n) is 3.48. The van der Waals surface area contributed by atoms with Gasteiger partial charge in [-0.1, -0.05) is 0 Å². The van der Waals surface area contributed by atoms with Crippen molar-refractivity contribution >= 4 is 5.91 Å². The molecule has 1 aromatic carbocycles. The molecule has 4 rings (SSSR count). The predicted molar refractivity (Wildman–Crippen MR) is 77.9 cm³/mol. The van der Waals surface area contributed by atoms with Gasteiger partial charge in [-0.15, -0.1) is 0 Å². The minimum absolute atomic E-state index is 0.0275. The van der Waals surface area contributed by atoms with Crippen molar-refractivity contribution in [1.29, 1.82) is 0 Å². The van der Waals surface area contributed by atoms with Crippen molar-refractivity contribution in [3.8, 4) is 5.75 Å². The van der Waals surface area contributed by atoms with Crippen LogP contribution in [0.3, 0.4) is 0 Å². The Hall–Kier alpha value is -1.80. The number of hydrogen-bond acceptors (Lipinski definition) is 4. The molecule has 0 N–H and O–H groups in total. The van der Waals surface area contributed by atoms with Crippen molar-refractivity contribution in [3.05, 3.63) is 29.3 Å². The van der Waals surface area contributed by atoms with Gasteiger partial charge in [0.25, 0.3) is 5.91 Å². The normalized spacial score (nSPS) is 28.0. The van der Waals surface area contributed by atoms with Gasteiger partial charge in [0.15, 0.2) is 0 Å². The summed E-state index contributed by atoms with van der Waals surface area (Å²) in [5, 5.41) is 0.